The van der Waals surface area contributed by atoms with Crippen LogP contribution < -0.4 is 74.0 Å². The van der Waals surface area contributed by atoms with Crippen LogP contribution in [0.1, 0.15) is 0 Å². The molecule has 0 saturated carbocycles. The summed E-state index contributed by atoms with van der Waals surface area (Å²) >= 11 is 0. The van der Waals surface area contributed by atoms with Gasteiger partial charge in [-0.2, -0.15) is 13.2 Å². The number of aliphatic carboxylic acids is 1. The van der Waals surface area contributed by atoms with Crippen LogP contribution in [0.4, 0.5) is 13.2 Å². The molecule has 0 heterocycles. The van der Waals surface area contributed by atoms with Crippen molar-refractivity contribution >= 4 is 5.97 Å². The monoisotopic (exact) mass is 246 g/mol. The average Bonchev–Trinajstić information content (AvgIpc) is 1.31. The zero-order valence-corrected chi connectivity index (χ0v) is 10.2. The van der Waals surface area contributed by atoms with Gasteiger partial charge in [0.2, 0.25) is 0 Å². The molecule has 0 radical (unpaired) electrons. The first-order valence-electron chi connectivity index (χ1n) is 1.23. The standard InChI is InChI=1S/C2HF3O2.Cs/c3-2(4,5)1(6)7;/h(H,6,7);/q;+1/p-1. The van der Waals surface area contributed by atoms with Gasteiger partial charge < -0.3 is 9.90 Å². The van der Waals surface area contributed by atoms with E-state index in [4.69, 9.17) is 9.90 Å². The van der Waals surface area contributed by atoms with Gasteiger partial charge in [0, 0.05) is 0 Å². The van der Waals surface area contributed by atoms with Crippen molar-refractivity contribution in [1.82, 2.24) is 0 Å². The number of hydrogen-bond donors (Lipinski definition) is 0. The summed E-state index contributed by atoms with van der Waals surface area (Å²) in [7, 11) is 0. The third kappa shape index (κ3) is 5.45. The van der Waals surface area contributed by atoms with Gasteiger partial charge in [-0.3, -0.25) is 0 Å². The van der Waals surface area contributed by atoms with Crippen LogP contribution in [-0.2, 0) is 4.79 Å². The van der Waals surface area contributed by atoms with E-state index in [1.807, 2.05) is 0 Å². The Balaban J connectivity index is 0. The number of alkyl halides is 3. The van der Waals surface area contributed by atoms with E-state index in [0.717, 1.165) is 0 Å². The van der Waals surface area contributed by atoms with Crippen molar-refractivity contribution in [2.24, 2.45) is 0 Å². The zero-order chi connectivity index (χ0) is 6.08. The van der Waals surface area contributed by atoms with Crippen LogP contribution in [0.3, 0.4) is 0 Å². The number of carbonyl (C=O) groups excluding carboxylic acids is 1. The zero-order valence-electron chi connectivity index (χ0n) is 3.95. The van der Waals surface area contributed by atoms with E-state index in [1.165, 1.54) is 0 Å². The van der Waals surface area contributed by atoms with Crippen LogP contribution in [0.2, 0.25) is 0 Å². The Kier molecular flexibility index (Phi) is 6.29. The molecule has 0 aromatic heterocycles. The summed E-state index contributed by atoms with van der Waals surface area (Å²) in [6, 6.07) is 0. The molecular weight excluding hydrogens is 246 g/mol. The minimum atomic E-state index is -5.19. The second-order valence-electron chi connectivity index (χ2n) is 0.785. The Labute approximate surface area is 102 Å². The molecule has 0 amide bonds. The van der Waals surface area contributed by atoms with Gasteiger partial charge >= 0.3 is 75.1 Å². The van der Waals surface area contributed by atoms with Gasteiger partial charge in [0.15, 0.2) is 0 Å². The van der Waals surface area contributed by atoms with Crippen LogP contribution >= 0.6 is 0 Å². The number of hydrogen-bond acceptors (Lipinski definition) is 2. The summed E-state index contributed by atoms with van der Waals surface area (Å²) in [4.78, 5) is 8.78. The molecule has 0 unspecified atom stereocenters. The van der Waals surface area contributed by atoms with Crippen molar-refractivity contribution in [3.05, 3.63) is 0 Å². The first-order valence-corrected chi connectivity index (χ1v) is 1.23. The van der Waals surface area contributed by atoms with Gasteiger partial charge in [-0.05, 0) is 0 Å². The largest absolute Gasteiger partial charge is 1.00 e. The Morgan fingerprint density at radius 3 is 1.50 bits per heavy atom. The van der Waals surface area contributed by atoms with Crippen LogP contribution in [0.25, 0.3) is 0 Å². The van der Waals surface area contributed by atoms with Crippen LogP contribution in [0, 0.1) is 0 Å². The number of carboxylic acids is 1. The molecule has 0 aliphatic carbocycles. The fourth-order valence-corrected chi connectivity index (χ4v) is 0. The molecule has 0 bridgehead atoms. The van der Waals surface area contributed by atoms with Gasteiger partial charge in [-0.15, -0.1) is 0 Å². The third-order valence-electron chi connectivity index (χ3n) is 0.231. The average molecular weight is 246 g/mol. The van der Waals surface area contributed by atoms with Crippen molar-refractivity contribution < 1.29 is 92.0 Å². The second-order valence-corrected chi connectivity index (χ2v) is 0.785. The van der Waals surface area contributed by atoms with Gasteiger partial charge in [0.25, 0.3) is 0 Å². The van der Waals surface area contributed by atoms with E-state index in [2.05, 4.69) is 0 Å². The maximum atomic E-state index is 10.5. The van der Waals surface area contributed by atoms with Gasteiger partial charge in [0.05, 0.1) is 0 Å². The molecular formula is C2CsF3O2. The maximum absolute atomic E-state index is 10.5. The molecule has 0 aromatic rings. The van der Waals surface area contributed by atoms with Crippen LogP contribution in [0.5, 0.6) is 0 Å². The number of carboxylic acid groups (broad SMARTS) is 1. The molecule has 0 saturated heterocycles. The Bertz CT molecular complexity index is 87.8. The molecule has 6 heteroatoms. The first kappa shape index (κ1) is 12.0. The summed E-state index contributed by atoms with van der Waals surface area (Å²) in [6.07, 6.45) is -5.19. The van der Waals surface area contributed by atoms with E-state index in [9.17, 15) is 13.2 Å². The molecule has 2 nitrogen and oxygen atoms in total. The van der Waals surface area contributed by atoms with Crippen molar-refractivity contribution in [2.75, 3.05) is 0 Å². The summed E-state index contributed by atoms with van der Waals surface area (Å²) in [5.74, 6) is -3.01. The Morgan fingerprint density at radius 1 is 1.38 bits per heavy atom. The molecule has 0 aliphatic heterocycles. The van der Waals surface area contributed by atoms with Crippen molar-refractivity contribution in [1.29, 1.82) is 0 Å². The SMILES string of the molecule is O=C([O-])C(F)(F)F.[Cs+]. The summed E-state index contributed by atoms with van der Waals surface area (Å²) in [5.41, 5.74) is 0. The van der Waals surface area contributed by atoms with Gasteiger partial charge in [0.1, 0.15) is 5.97 Å². The molecule has 42 valence electrons. The fraction of sp³-hybridized carbons (Fsp3) is 0.500. The van der Waals surface area contributed by atoms with E-state index in [0.29, 0.717) is 0 Å². The summed E-state index contributed by atoms with van der Waals surface area (Å²) in [6.45, 7) is 0. The molecule has 0 rings (SSSR count). The Morgan fingerprint density at radius 2 is 1.50 bits per heavy atom. The van der Waals surface area contributed by atoms with Crippen molar-refractivity contribution in [2.45, 2.75) is 6.18 Å². The molecule has 8 heavy (non-hydrogen) atoms. The molecule has 0 N–H and O–H groups in total. The minimum Gasteiger partial charge on any atom is -0.542 e. The predicted molar refractivity (Wildman–Crippen MR) is 11.1 cm³/mol. The smallest absolute Gasteiger partial charge is 0.542 e. The molecule has 0 aliphatic rings. The van der Waals surface area contributed by atoms with E-state index in [1.54, 1.807) is 0 Å². The fourth-order valence-electron chi connectivity index (χ4n) is 0. The minimum absolute atomic E-state index is 0. The first-order chi connectivity index (χ1) is 2.94. The van der Waals surface area contributed by atoms with Crippen molar-refractivity contribution in [3.8, 4) is 0 Å². The van der Waals surface area contributed by atoms with Crippen molar-refractivity contribution in [3.63, 3.8) is 0 Å². The topological polar surface area (TPSA) is 40.1 Å². The molecule has 0 fully saturated rings. The van der Waals surface area contributed by atoms with Gasteiger partial charge in [-0.1, -0.05) is 0 Å². The number of carbonyl (C=O) groups is 1. The van der Waals surface area contributed by atoms with Gasteiger partial charge in [-0.25, -0.2) is 0 Å². The quantitative estimate of drug-likeness (QED) is 0.441. The predicted octanol–water partition coefficient (Wildman–Crippen LogP) is -3.70. The van der Waals surface area contributed by atoms with Crippen LogP contribution in [0.15, 0.2) is 0 Å². The molecule has 0 atom stereocenters. The maximum Gasteiger partial charge on any atom is 1.00 e. The number of halogens is 3. The molecule has 0 spiro atoms. The molecule has 0 aromatic carbocycles. The van der Waals surface area contributed by atoms with E-state index >= 15 is 0 Å². The number of rotatable bonds is 0. The Hall–Kier alpha value is 1.31. The van der Waals surface area contributed by atoms with Crippen LogP contribution in [-0.4, -0.2) is 12.1 Å². The summed E-state index contributed by atoms with van der Waals surface area (Å²) < 4.78 is 31.5. The second kappa shape index (κ2) is 4.18. The third-order valence-corrected chi connectivity index (χ3v) is 0.231. The van der Waals surface area contributed by atoms with E-state index < -0.39 is 12.1 Å². The van der Waals surface area contributed by atoms with E-state index in [-0.39, 0.29) is 68.9 Å². The summed E-state index contributed by atoms with van der Waals surface area (Å²) in [5, 5.41) is 8.78. The normalized spacial score (nSPS) is 9.88.